The van der Waals surface area contributed by atoms with Crippen LogP contribution in [0.2, 0.25) is 0 Å². The summed E-state index contributed by atoms with van der Waals surface area (Å²) in [5, 5.41) is 16.0. The minimum Gasteiger partial charge on any atom is -0.447 e. The number of tetrazole rings is 1. The Hall–Kier alpha value is -3.12. The normalized spacial score (nSPS) is 12.4. The molecule has 2 N–H and O–H groups in total. The molecule has 0 fully saturated rings. The minimum absolute atomic E-state index is 0.0219. The van der Waals surface area contributed by atoms with E-state index >= 15 is 0 Å². The van der Waals surface area contributed by atoms with Crippen molar-refractivity contribution in [2.24, 2.45) is 0 Å². The third kappa shape index (κ3) is 16.3. The molecule has 1 unspecified atom stereocenters. The fourth-order valence-corrected chi connectivity index (χ4v) is 6.98. The smallest absolute Gasteiger partial charge is 0.407 e. The highest BCUT2D eigenvalue weighted by Gasteiger charge is 2.21. The van der Waals surface area contributed by atoms with Crippen LogP contribution >= 0.6 is 0 Å². The van der Waals surface area contributed by atoms with E-state index in [4.69, 9.17) is 4.74 Å². The highest BCUT2D eigenvalue weighted by molar-refractivity contribution is 7.89. The van der Waals surface area contributed by atoms with Gasteiger partial charge in [0.1, 0.15) is 19.2 Å². The van der Waals surface area contributed by atoms with Crippen molar-refractivity contribution in [2.75, 3.05) is 25.4 Å². The first-order chi connectivity index (χ1) is 23.4. The number of alkyl carbamates (subject to hydrolysis) is 1. The number of fused-ring (bicyclic) bond motifs is 1. The van der Waals surface area contributed by atoms with Gasteiger partial charge in [-0.05, 0) is 30.7 Å². The molecule has 0 aliphatic carbocycles. The van der Waals surface area contributed by atoms with Crippen LogP contribution in [0.5, 0.6) is 0 Å². The molecule has 1 aromatic carbocycles. The number of amides is 1. The first-order valence-electron chi connectivity index (χ1n) is 18.4. The highest BCUT2D eigenvalue weighted by Crippen LogP contribution is 2.14. The second-order valence-corrected chi connectivity index (χ2v) is 14.8. The molecule has 1 atom stereocenters. The van der Waals surface area contributed by atoms with E-state index in [1.165, 1.54) is 94.7 Å². The molecule has 0 saturated heterocycles. The standard InChI is InChI=1S/C36H59N7O4S/c1-3-4-5-6-7-8-9-10-11-12-13-14-15-16-17-20-26-37-36(44)47-31-34(43-40-32(2)39-41-43)30-38-48(45,46)29-22-28-42-27-21-24-33-23-18-19-25-35(33)42/h18-19,21,23-25,27,34,38H,3-17,20,22,26,28-31H2,1-2H3/p+1. The van der Waals surface area contributed by atoms with E-state index in [9.17, 15) is 13.2 Å². The van der Waals surface area contributed by atoms with E-state index in [1.54, 1.807) is 6.92 Å². The number of hydrogen-bond acceptors (Lipinski definition) is 7. The van der Waals surface area contributed by atoms with E-state index in [0.29, 0.717) is 25.3 Å². The summed E-state index contributed by atoms with van der Waals surface area (Å²) < 4.78 is 35.8. The quantitative estimate of drug-likeness (QED) is 0.0655. The molecule has 2 aromatic heterocycles. The number of nitrogens with one attached hydrogen (secondary N) is 2. The summed E-state index contributed by atoms with van der Waals surface area (Å²) in [6.07, 6.45) is 22.7. The van der Waals surface area contributed by atoms with Gasteiger partial charge in [0, 0.05) is 37.0 Å². The molecule has 3 rings (SSSR count). The Morgan fingerprint density at radius 3 is 2.08 bits per heavy atom. The fraction of sp³-hybridized carbons (Fsp3) is 0.694. The Kier molecular flexibility index (Phi) is 19.1. The topological polar surface area (TPSA) is 132 Å². The van der Waals surface area contributed by atoms with E-state index in [0.717, 1.165) is 23.7 Å². The van der Waals surface area contributed by atoms with Gasteiger partial charge >= 0.3 is 6.09 Å². The van der Waals surface area contributed by atoms with Gasteiger partial charge < -0.3 is 10.1 Å². The number of hydrogen-bond donors (Lipinski definition) is 2. The number of pyridine rings is 1. The van der Waals surface area contributed by atoms with Gasteiger partial charge in [0.05, 0.1) is 5.75 Å². The fourth-order valence-electron chi connectivity index (χ4n) is 5.88. The molecular formula is C36H60N7O4S+. The Bertz CT molecular complexity index is 1410. The molecule has 0 aliphatic rings. The Morgan fingerprint density at radius 2 is 1.46 bits per heavy atom. The average molecular weight is 687 g/mol. The first kappa shape index (κ1) is 39.3. The zero-order valence-corrected chi connectivity index (χ0v) is 30.3. The number of para-hydroxylation sites is 1. The van der Waals surface area contributed by atoms with Gasteiger partial charge in [-0.2, -0.15) is 9.36 Å². The summed E-state index contributed by atoms with van der Waals surface area (Å²) in [5.74, 6) is 0.406. The number of carbonyl (C=O) groups is 1. The maximum atomic E-state index is 12.8. The van der Waals surface area contributed by atoms with Crippen molar-refractivity contribution in [2.45, 2.75) is 136 Å². The van der Waals surface area contributed by atoms with E-state index in [-0.39, 0.29) is 18.9 Å². The zero-order valence-electron chi connectivity index (χ0n) is 29.5. The predicted octanol–water partition coefficient (Wildman–Crippen LogP) is 6.96. The molecule has 268 valence electrons. The lowest BCUT2D eigenvalue weighted by Gasteiger charge is -2.17. The molecule has 0 bridgehead atoms. The van der Waals surface area contributed by atoms with Crippen LogP contribution in [0.4, 0.5) is 4.79 Å². The van der Waals surface area contributed by atoms with Crippen LogP contribution in [0, 0.1) is 6.92 Å². The minimum atomic E-state index is -3.59. The van der Waals surface area contributed by atoms with Crippen molar-refractivity contribution in [3.8, 4) is 0 Å². The number of aryl methyl sites for hydroxylation is 2. The molecular weight excluding hydrogens is 627 g/mol. The van der Waals surface area contributed by atoms with Crippen molar-refractivity contribution in [1.82, 2.24) is 30.2 Å². The second kappa shape index (κ2) is 23.3. The van der Waals surface area contributed by atoms with Gasteiger partial charge in [0.25, 0.3) is 0 Å². The van der Waals surface area contributed by atoms with Gasteiger partial charge in [-0.25, -0.2) is 17.9 Å². The number of rotatable bonds is 27. The van der Waals surface area contributed by atoms with Crippen LogP contribution in [-0.2, 0) is 21.3 Å². The van der Waals surface area contributed by atoms with Crippen LogP contribution < -0.4 is 14.6 Å². The molecule has 48 heavy (non-hydrogen) atoms. The van der Waals surface area contributed by atoms with Crippen LogP contribution in [0.15, 0.2) is 42.6 Å². The number of unbranched alkanes of at least 4 members (excludes halogenated alkanes) is 15. The summed E-state index contributed by atoms with van der Waals surface area (Å²) in [7, 11) is -3.59. The molecule has 12 heteroatoms. The van der Waals surface area contributed by atoms with Crippen LogP contribution in [0.25, 0.3) is 10.9 Å². The molecule has 0 radical (unpaired) electrons. The summed E-state index contributed by atoms with van der Waals surface area (Å²) in [4.78, 5) is 13.7. The average Bonchev–Trinajstić information content (AvgIpc) is 3.52. The molecule has 11 nitrogen and oxygen atoms in total. The number of sulfonamides is 1. The molecule has 3 aromatic rings. The van der Waals surface area contributed by atoms with Crippen molar-refractivity contribution in [3.63, 3.8) is 0 Å². The van der Waals surface area contributed by atoms with Crippen LogP contribution in [-0.4, -0.2) is 60.2 Å². The lowest BCUT2D eigenvalue weighted by atomic mass is 10.0. The summed E-state index contributed by atoms with van der Waals surface area (Å²) in [6, 6.07) is 11.4. The van der Waals surface area contributed by atoms with Gasteiger partial charge in [-0.3, -0.25) is 0 Å². The largest absolute Gasteiger partial charge is 0.447 e. The lowest BCUT2D eigenvalue weighted by molar-refractivity contribution is -0.671. The Morgan fingerprint density at radius 1 is 0.854 bits per heavy atom. The van der Waals surface area contributed by atoms with E-state index in [1.807, 2.05) is 42.6 Å². The second-order valence-electron chi connectivity index (χ2n) is 12.9. The number of aromatic nitrogens is 5. The lowest BCUT2D eigenvalue weighted by Crippen LogP contribution is -2.38. The van der Waals surface area contributed by atoms with Gasteiger partial charge in [-0.15, -0.1) is 10.2 Å². The van der Waals surface area contributed by atoms with Gasteiger partial charge in [0.15, 0.2) is 12.0 Å². The molecule has 0 saturated carbocycles. The number of ether oxygens (including phenoxy) is 1. The first-order valence-corrected chi connectivity index (χ1v) is 20.0. The Labute approximate surface area is 288 Å². The summed E-state index contributed by atoms with van der Waals surface area (Å²) in [6.45, 7) is 4.97. The van der Waals surface area contributed by atoms with Crippen molar-refractivity contribution >= 4 is 27.0 Å². The highest BCUT2D eigenvalue weighted by atomic mass is 32.2. The molecule has 2 heterocycles. The summed E-state index contributed by atoms with van der Waals surface area (Å²) in [5.41, 5.74) is 1.06. The molecule has 0 aliphatic heterocycles. The Balaban J connectivity index is 1.25. The number of nitrogens with zero attached hydrogens (tertiary/aromatic N) is 5. The van der Waals surface area contributed by atoms with Crippen molar-refractivity contribution in [3.05, 3.63) is 48.4 Å². The zero-order chi connectivity index (χ0) is 34.3. The third-order valence-corrected chi connectivity index (χ3v) is 10.1. The number of benzene rings is 1. The molecule has 0 spiro atoms. The predicted molar refractivity (Wildman–Crippen MR) is 191 cm³/mol. The van der Waals surface area contributed by atoms with Crippen molar-refractivity contribution < 1.29 is 22.5 Å². The molecule has 1 amide bonds. The van der Waals surface area contributed by atoms with E-state index < -0.39 is 22.2 Å². The van der Waals surface area contributed by atoms with Gasteiger partial charge in [0.2, 0.25) is 15.5 Å². The van der Waals surface area contributed by atoms with Crippen LogP contribution in [0.3, 0.4) is 0 Å². The van der Waals surface area contributed by atoms with E-state index in [2.05, 4.69) is 36.9 Å². The maximum absolute atomic E-state index is 12.8. The van der Waals surface area contributed by atoms with Crippen molar-refractivity contribution in [1.29, 1.82) is 0 Å². The SMILES string of the molecule is CCCCCCCCCCCCCCCCCCNC(=O)OCC(CNS(=O)(=O)CCC[n+]1cccc2ccccc21)n1nnc(C)n1. The maximum Gasteiger partial charge on any atom is 0.407 e. The van der Waals surface area contributed by atoms with Gasteiger partial charge in [-0.1, -0.05) is 115 Å². The van der Waals surface area contributed by atoms with Crippen LogP contribution in [0.1, 0.15) is 128 Å². The number of carbonyl (C=O) groups excluding carboxylic acids is 1. The summed E-state index contributed by atoms with van der Waals surface area (Å²) >= 11 is 0. The monoisotopic (exact) mass is 686 g/mol. The third-order valence-electron chi connectivity index (χ3n) is 8.70.